The second kappa shape index (κ2) is 4.96. The summed E-state index contributed by atoms with van der Waals surface area (Å²) in [5.41, 5.74) is 0. The van der Waals surface area contributed by atoms with Gasteiger partial charge in [0.25, 0.3) is 0 Å². The van der Waals surface area contributed by atoms with E-state index in [9.17, 15) is 9.13 Å². The standard InChI is InChI=1S/C3H12NO6P3/c5-12(6,7)2-4(1-11)3-13(8,9)10/h1-3,11H2,(H2,5,6,7)(H2,8,9,10). The van der Waals surface area contributed by atoms with Crippen LogP contribution in [0.4, 0.5) is 0 Å². The first-order chi connectivity index (χ1) is 5.64. The maximum Gasteiger partial charge on any atom is 0.339 e. The van der Waals surface area contributed by atoms with Crippen molar-refractivity contribution in [3.05, 3.63) is 0 Å². The summed E-state index contributed by atoms with van der Waals surface area (Å²) >= 11 is 0. The molecular weight excluding hydrogens is 239 g/mol. The van der Waals surface area contributed by atoms with Gasteiger partial charge in [-0.2, -0.15) is 0 Å². The molecule has 0 heterocycles. The Morgan fingerprint density at radius 2 is 1.31 bits per heavy atom. The lowest BCUT2D eigenvalue weighted by atomic mass is 11.0. The summed E-state index contributed by atoms with van der Waals surface area (Å²) in [4.78, 5) is 35.1. The van der Waals surface area contributed by atoms with Crippen LogP contribution in [-0.2, 0) is 9.13 Å². The van der Waals surface area contributed by atoms with Gasteiger partial charge in [-0.05, 0) is 0 Å². The van der Waals surface area contributed by atoms with Crippen LogP contribution in [0, 0.1) is 0 Å². The van der Waals surface area contributed by atoms with Crippen LogP contribution < -0.4 is 0 Å². The normalized spacial score (nSPS) is 13.7. The highest BCUT2D eigenvalue weighted by atomic mass is 31.2. The zero-order chi connectivity index (χ0) is 10.7. The van der Waals surface area contributed by atoms with E-state index in [-0.39, 0.29) is 6.29 Å². The van der Waals surface area contributed by atoms with Crippen LogP contribution in [0.2, 0.25) is 0 Å². The predicted octanol–water partition coefficient (Wildman–Crippen LogP) is -0.609. The first-order valence-corrected chi connectivity index (χ1v) is 7.57. The SMILES string of the molecule is O=P(O)(O)CN(CP)CP(=O)(O)O. The van der Waals surface area contributed by atoms with Crippen LogP contribution >= 0.6 is 24.4 Å². The molecule has 0 spiro atoms. The highest BCUT2D eigenvalue weighted by molar-refractivity contribution is 7.52. The van der Waals surface area contributed by atoms with E-state index in [2.05, 4.69) is 9.24 Å². The molecule has 0 amide bonds. The lowest BCUT2D eigenvalue weighted by Gasteiger charge is -2.20. The van der Waals surface area contributed by atoms with Crippen molar-refractivity contribution in [3.63, 3.8) is 0 Å². The maximum atomic E-state index is 10.5. The lowest BCUT2D eigenvalue weighted by molar-refractivity contribution is 0.301. The van der Waals surface area contributed by atoms with E-state index < -0.39 is 27.8 Å². The number of rotatable bonds is 5. The number of nitrogens with zero attached hydrogens (tertiary/aromatic N) is 1. The van der Waals surface area contributed by atoms with Crippen molar-refractivity contribution in [2.45, 2.75) is 0 Å². The minimum atomic E-state index is -4.26. The zero-order valence-corrected chi connectivity index (χ0v) is 9.59. The minimum Gasteiger partial charge on any atom is -0.324 e. The second-order valence-corrected chi connectivity index (χ2v) is 6.06. The van der Waals surface area contributed by atoms with Crippen LogP contribution in [0.25, 0.3) is 0 Å². The fourth-order valence-corrected chi connectivity index (χ4v) is 3.00. The van der Waals surface area contributed by atoms with Crippen molar-refractivity contribution in [2.75, 3.05) is 18.9 Å². The Balaban J connectivity index is 4.22. The molecule has 0 aromatic heterocycles. The Kier molecular flexibility index (Phi) is 5.23. The van der Waals surface area contributed by atoms with Crippen LogP contribution in [-0.4, -0.2) is 43.3 Å². The molecule has 0 bridgehead atoms. The largest absolute Gasteiger partial charge is 0.339 e. The van der Waals surface area contributed by atoms with Gasteiger partial charge in [0.1, 0.15) is 12.6 Å². The Morgan fingerprint density at radius 3 is 1.46 bits per heavy atom. The van der Waals surface area contributed by atoms with Crippen LogP contribution in [0.1, 0.15) is 0 Å². The van der Waals surface area contributed by atoms with Gasteiger partial charge in [0.15, 0.2) is 0 Å². The monoisotopic (exact) mass is 251 g/mol. The molecule has 0 saturated heterocycles. The van der Waals surface area contributed by atoms with Gasteiger partial charge in [-0.3, -0.25) is 14.0 Å². The van der Waals surface area contributed by atoms with Crippen molar-refractivity contribution < 1.29 is 28.7 Å². The summed E-state index contributed by atoms with van der Waals surface area (Å²) in [5, 5.41) is 0. The third-order valence-electron chi connectivity index (χ3n) is 1.03. The van der Waals surface area contributed by atoms with E-state index >= 15 is 0 Å². The fraction of sp³-hybridized carbons (Fsp3) is 1.00. The molecule has 0 aromatic rings. The van der Waals surface area contributed by atoms with Crippen LogP contribution in [0.15, 0.2) is 0 Å². The first kappa shape index (κ1) is 13.7. The minimum absolute atomic E-state index is 0.0935. The van der Waals surface area contributed by atoms with E-state index in [0.717, 1.165) is 4.90 Å². The molecule has 0 aromatic carbocycles. The molecule has 1 unspecified atom stereocenters. The summed E-state index contributed by atoms with van der Waals surface area (Å²) in [6.45, 7) is 0. The zero-order valence-electron chi connectivity index (χ0n) is 6.65. The molecule has 13 heavy (non-hydrogen) atoms. The maximum absolute atomic E-state index is 10.5. The topological polar surface area (TPSA) is 118 Å². The Morgan fingerprint density at radius 1 is 1.00 bits per heavy atom. The van der Waals surface area contributed by atoms with Gasteiger partial charge in [-0.1, -0.05) is 0 Å². The third-order valence-corrected chi connectivity index (χ3v) is 3.08. The summed E-state index contributed by atoms with van der Waals surface area (Å²) in [7, 11) is -6.37. The molecule has 0 aliphatic rings. The van der Waals surface area contributed by atoms with E-state index in [1.807, 2.05) is 0 Å². The van der Waals surface area contributed by atoms with Gasteiger partial charge >= 0.3 is 15.2 Å². The smallest absolute Gasteiger partial charge is 0.324 e. The van der Waals surface area contributed by atoms with Crippen molar-refractivity contribution >= 4 is 24.4 Å². The molecule has 0 aliphatic carbocycles. The van der Waals surface area contributed by atoms with Crippen molar-refractivity contribution in [2.24, 2.45) is 0 Å². The Bertz CT molecular complexity index is 220. The van der Waals surface area contributed by atoms with Crippen LogP contribution in [0.3, 0.4) is 0 Å². The second-order valence-electron chi connectivity index (χ2n) is 2.47. The molecular formula is C3H12NO6P3. The summed E-state index contributed by atoms with van der Waals surface area (Å²) in [6, 6.07) is 0. The highest BCUT2D eigenvalue weighted by Gasteiger charge is 2.24. The number of hydrogen-bond acceptors (Lipinski definition) is 3. The quantitative estimate of drug-likeness (QED) is 0.481. The lowest BCUT2D eigenvalue weighted by Crippen LogP contribution is -2.24. The van der Waals surface area contributed by atoms with E-state index in [4.69, 9.17) is 19.6 Å². The van der Waals surface area contributed by atoms with E-state index in [1.54, 1.807) is 0 Å². The van der Waals surface area contributed by atoms with Gasteiger partial charge in [0.2, 0.25) is 0 Å². The van der Waals surface area contributed by atoms with Gasteiger partial charge in [-0.15, -0.1) is 9.24 Å². The molecule has 4 N–H and O–H groups in total. The third kappa shape index (κ3) is 9.01. The predicted molar refractivity (Wildman–Crippen MR) is 50.2 cm³/mol. The van der Waals surface area contributed by atoms with Gasteiger partial charge < -0.3 is 19.6 Å². The molecule has 0 rings (SSSR count). The van der Waals surface area contributed by atoms with Gasteiger partial charge in [-0.25, -0.2) is 0 Å². The van der Waals surface area contributed by atoms with Crippen molar-refractivity contribution in [3.8, 4) is 0 Å². The Hall–Kier alpha value is 0.690. The molecule has 10 heteroatoms. The summed E-state index contributed by atoms with van der Waals surface area (Å²) in [5.74, 6) is 0. The molecule has 0 saturated carbocycles. The average molecular weight is 251 g/mol. The molecule has 0 aliphatic heterocycles. The molecule has 80 valence electrons. The highest BCUT2D eigenvalue weighted by Crippen LogP contribution is 2.40. The van der Waals surface area contributed by atoms with Crippen LogP contribution in [0.5, 0.6) is 0 Å². The summed E-state index contributed by atoms with van der Waals surface area (Å²) < 4.78 is 21.0. The van der Waals surface area contributed by atoms with Gasteiger partial charge in [0, 0.05) is 6.29 Å². The molecule has 0 radical (unpaired) electrons. The Labute approximate surface area is 77.7 Å². The average Bonchev–Trinajstić information content (AvgIpc) is 1.79. The summed E-state index contributed by atoms with van der Waals surface area (Å²) in [6.07, 6.45) is -1.21. The van der Waals surface area contributed by atoms with Crippen molar-refractivity contribution in [1.82, 2.24) is 4.90 Å². The molecule has 1 atom stereocenters. The fourth-order valence-electron chi connectivity index (χ4n) is 0.681. The molecule has 0 fully saturated rings. The number of hydrogen-bond donors (Lipinski definition) is 4. The van der Waals surface area contributed by atoms with E-state index in [0.29, 0.717) is 0 Å². The first-order valence-electron chi connectivity index (χ1n) is 3.15. The molecule has 7 nitrogen and oxygen atoms in total. The van der Waals surface area contributed by atoms with Gasteiger partial charge in [0.05, 0.1) is 0 Å². The van der Waals surface area contributed by atoms with Crippen molar-refractivity contribution in [1.29, 1.82) is 0 Å². The van der Waals surface area contributed by atoms with E-state index in [1.165, 1.54) is 0 Å².